The van der Waals surface area contributed by atoms with Crippen LogP contribution in [-0.2, 0) is 9.59 Å². The Hall–Kier alpha value is -1.89. The lowest BCUT2D eigenvalue weighted by molar-refractivity contribution is -0.129. The monoisotopic (exact) mass is 434 g/mol. The molecule has 2 atom stereocenters. The first-order valence-corrected chi connectivity index (χ1v) is 9.03. The van der Waals surface area contributed by atoms with Crippen LogP contribution in [0.1, 0.15) is 24.9 Å². The van der Waals surface area contributed by atoms with Gasteiger partial charge in [-0.05, 0) is 59.3 Å². The predicted octanol–water partition coefficient (Wildman–Crippen LogP) is 3.84. The summed E-state index contributed by atoms with van der Waals surface area (Å²) in [7, 11) is 0. The highest BCUT2D eigenvalue weighted by atomic mass is 127. The van der Waals surface area contributed by atoms with Crippen LogP contribution in [0, 0.1) is 9.49 Å². The van der Waals surface area contributed by atoms with Gasteiger partial charge in [-0.25, -0.2) is 0 Å². The number of hydrogen-bond acceptors (Lipinski definition) is 2. The molecule has 1 N–H and O–H groups in total. The minimum Gasteiger partial charge on any atom is -0.335 e. The summed E-state index contributed by atoms with van der Waals surface area (Å²) in [5, 5.41) is 2.91. The summed E-state index contributed by atoms with van der Waals surface area (Å²) in [6.07, 6.45) is 0.271. The second-order valence-electron chi connectivity index (χ2n) is 6.03. The number of carbonyl (C=O) groups is 2. The average Bonchev–Trinajstić information content (AvgIpc) is 2.99. The lowest BCUT2D eigenvalue weighted by Crippen LogP contribution is -2.30. The summed E-state index contributed by atoms with van der Waals surface area (Å²) >= 11 is 2.22. The van der Waals surface area contributed by atoms with E-state index in [2.05, 4.69) is 27.9 Å². The molecule has 0 radical (unpaired) electrons. The molecule has 0 aliphatic carbocycles. The molecular formula is C19H19IN2O2. The fourth-order valence-corrected chi connectivity index (χ4v) is 3.33. The molecule has 0 spiro atoms. The van der Waals surface area contributed by atoms with Crippen LogP contribution in [0.2, 0.25) is 0 Å². The molecule has 0 bridgehead atoms. The molecule has 1 saturated heterocycles. The van der Waals surface area contributed by atoms with Crippen molar-refractivity contribution in [1.29, 1.82) is 0 Å². The molecule has 3 rings (SSSR count). The van der Waals surface area contributed by atoms with Gasteiger partial charge >= 0.3 is 0 Å². The molecule has 0 saturated carbocycles. The molecule has 0 unspecified atom stereocenters. The standard InChI is InChI=1S/C19H19IN2O2/c1-13(14-5-3-2-4-6-14)22-12-15(11-18(22)23)19(24)21-17-9-7-16(20)8-10-17/h2-10,13,15H,11-12H2,1H3,(H,21,24)/t13-,15+/m1/s1. The number of nitrogens with zero attached hydrogens (tertiary/aromatic N) is 1. The maximum absolute atomic E-state index is 12.5. The SMILES string of the molecule is C[C@H](c1ccccc1)N1C[C@@H](C(=O)Nc2ccc(I)cc2)CC1=O. The zero-order chi connectivity index (χ0) is 17.1. The van der Waals surface area contributed by atoms with Gasteiger partial charge in [-0.15, -0.1) is 0 Å². The van der Waals surface area contributed by atoms with Crippen LogP contribution in [0.5, 0.6) is 0 Å². The highest BCUT2D eigenvalue weighted by Crippen LogP contribution is 2.29. The Balaban J connectivity index is 1.65. The topological polar surface area (TPSA) is 49.4 Å². The minimum absolute atomic E-state index is 0.0187. The summed E-state index contributed by atoms with van der Waals surface area (Å²) < 4.78 is 1.12. The van der Waals surface area contributed by atoms with E-state index < -0.39 is 0 Å². The van der Waals surface area contributed by atoms with Crippen LogP contribution in [0.3, 0.4) is 0 Å². The molecule has 5 heteroatoms. The quantitative estimate of drug-likeness (QED) is 0.744. The van der Waals surface area contributed by atoms with Crippen LogP contribution >= 0.6 is 22.6 Å². The van der Waals surface area contributed by atoms with Crippen molar-refractivity contribution in [2.75, 3.05) is 11.9 Å². The van der Waals surface area contributed by atoms with Crippen molar-refractivity contribution in [2.45, 2.75) is 19.4 Å². The molecule has 2 amide bonds. The Labute approximate surface area is 155 Å². The van der Waals surface area contributed by atoms with Gasteiger partial charge in [0.05, 0.1) is 12.0 Å². The Bertz CT molecular complexity index is 731. The number of halogens is 1. The predicted molar refractivity (Wildman–Crippen MR) is 102 cm³/mol. The van der Waals surface area contributed by atoms with Gasteiger partial charge < -0.3 is 10.2 Å². The molecule has 24 heavy (non-hydrogen) atoms. The third-order valence-corrected chi connectivity index (χ3v) is 5.11. The largest absolute Gasteiger partial charge is 0.335 e. The molecule has 124 valence electrons. The number of benzene rings is 2. The normalized spacial score (nSPS) is 18.5. The van der Waals surface area contributed by atoms with E-state index >= 15 is 0 Å². The van der Waals surface area contributed by atoms with Crippen molar-refractivity contribution in [3.8, 4) is 0 Å². The fraction of sp³-hybridized carbons (Fsp3) is 0.263. The van der Waals surface area contributed by atoms with Crippen molar-refractivity contribution in [1.82, 2.24) is 4.90 Å². The first-order valence-electron chi connectivity index (χ1n) is 7.95. The van der Waals surface area contributed by atoms with Crippen molar-refractivity contribution >= 4 is 40.1 Å². The summed E-state index contributed by atoms with van der Waals surface area (Å²) in [5.41, 5.74) is 1.85. The number of amides is 2. The van der Waals surface area contributed by atoms with Crippen molar-refractivity contribution < 1.29 is 9.59 Å². The van der Waals surface area contributed by atoms with Crippen LogP contribution < -0.4 is 5.32 Å². The summed E-state index contributed by atoms with van der Waals surface area (Å²) in [4.78, 5) is 26.6. The number of nitrogens with one attached hydrogen (secondary N) is 1. The van der Waals surface area contributed by atoms with E-state index in [1.807, 2.05) is 61.5 Å². The first-order chi connectivity index (χ1) is 11.5. The Kier molecular flexibility index (Phi) is 5.18. The number of rotatable bonds is 4. The van der Waals surface area contributed by atoms with Crippen LogP contribution in [0.25, 0.3) is 0 Å². The molecule has 1 aliphatic rings. The van der Waals surface area contributed by atoms with E-state index in [9.17, 15) is 9.59 Å². The molecule has 4 nitrogen and oxygen atoms in total. The second-order valence-corrected chi connectivity index (χ2v) is 7.28. The van der Waals surface area contributed by atoms with E-state index in [0.29, 0.717) is 6.54 Å². The molecular weight excluding hydrogens is 415 g/mol. The van der Waals surface area contributed by atoms with Crippen molar-refractivity contribution in [2.24, 2.45) is 5.92 Å². The molecule has 1 heterocycles. The van der Waals surface area contributed by atoms with E-state index in [1.165, 1.54) is 0 Å². The van der Waals surface area contributed by atoms with E-state index in [1.54, 1.807) is 4.90 Å². The maximum Gasteiger partial charge on any atom is 0.229 e. The summed E-state index contributed by atoms with van der Waals surface area (Å²) in [5.74, 6) is -0.357. The third kappa shape index (κ3) is 3.77. The fourth-order valence-electron chi connectivity index (χ4n) is 2.97. The summed E-state index contributed by atoms with van der Waals surface area (Å²) in [6, 6.07) is 17.5. The van der Waals surface area contributed by atoms with Crippen LogP contribution in [0.4, 0.5) is 5.69 Å². The van der Waals surface area contributed by atoms with Crippen LogP contribution in [0.15, 0.2) is 54.6 Å². The van der Waals surface area contributed by atoms with E-state index in [-0.39, 0.29) is 30.2 Å². The Morgan fingerprint density at radius 2 is 1.83 bits per heavy atom. The molecule has 0 aromatic heterocycles. The van der Waals surface area contributed by atoms with Gasteiger partial charge in [0.1, 0.15) is 0 Å². The highest BCUT2D eigenvalue weighted by molar-refractivity contribution is 14.1. The van der Waals surface area contributed by atoms with Gasteiger partial charge in [-0.1, -0.05) is 30.3 Å². The Morgan fingerprint density at radius 3 is 2.50 bits per heavy atom. The van der Waals surface area contributed by atoms with Gasteiger partial charge in [-0.2, -0.15) is 0 Å². The Morgan fingerprint density at radius 1 is 1.17 bits per heavy atom. The zero-order valence-corrected chi connectivity index (χ0v) is 15.6. The van der Waals surface area contributed by atoms with Gasteiger partial charge in [0.25, 0.3) is 0 Å². The highest BCUT2D eigenvalue weighted by Gasteiger charge is 2.36. The van der Waals surface area contributed by atoms with E-state index in [4.69, 9.17) is 0 Å². The third-order valence-electron chi connectivity index (χ3n) is 4.39. The maximum atomic E-state index is 12.5. The number of anilines is 1. The van der Waals surface area contributed by atoms with Crippen LogP contribution in [-0.4, -0.2) is 23.3 Å². The molecule has 1 aliphatic heterocycles. The molecule has 1 fully saturated rings. The number of carbonyl (C=O) groups excluding carboxylic acids is 2. The number of likely N-dealkylation sites (tertiary alicyclic amines) is 1. The smallest absolute Gasteiger partial charge is 0.229 e. The van der Waals surface area contributed by atoms with Gasteiger partial charge in [-0.3, -0.25) is 9.59 Å². The second kappa shape index (κ2) is 7.34. The van der Waals surface area contributed by atoms with Crippen molar-refractivity contribution in [3.05, 3.63) is 63.7 Å². The van der Waals surface area contributed by atoms with Gasteiger partial charge in [0, 0.05) is 22.2 Å². The summed E-state index contributed by atoms with van der Waals surface area (Å²) in [6.45, 7) is 2.47. The molecule has 2 aromatic carbocycles. The number of hydrogen-bond donors (Lipinski definition) is 1. The lowest BCUT2D eigenvalue weighted by atomic mass is 10.1. The minimum atomic E-state index is -0.303. The zero-order valence-electron chi connectivity index (χ0n) is 13.4. The molecule has 2 aromatic rings. The van der Waals surface area contributed by atoms with E-state index in [0.717, 1.165) is 14.8 Å². The average molecular weight is 434 g/mol. The lowest BCUT2D eigenvalue weighted by Gasteiger charge is -2.25. The van der Waals surface area contributed by atoms with Gasteiger partial charge in [0.2, 0.25) is 11.8 Å². The van der Waals surface area contributed by atoms with Crippen molar-refractivity contribution in [3.63, 3.8) is 0 Å². The van der Waals surface area contributed by atoms with Gasteiger partial charge in [0.15, 0.2) is 0 Å². The first kappa shape index (κ1) is 17.0.